The van der Waals surface area contributed by atoms with Crippen LogP contribution in [0, 0.1) is 0 Å². The van der Waals surface area contributed by atoms with E-state index in [0.29, 0.717) is 5.37 Å². The minimum Gasteiger partial charge on any atom is -0.355 e. The van der Waals surface area contributed by atoms with Crippen LogP contribution in [0.1, 0.15) is 10.9 Å². The second kappa shape index (κ2) is 4.84. The third-order valence-electron chi connectivity index (χ3n) is 3.06. The van der Waals surface area contributed by atoms with Crippen LogP contribution in [0.3, 0.4) is 0 Å². The number of benzene rings is 2. The highest BCUT2D eigenvalue weighted by molar-refractivity contribution is 7.99. The van der Waals surface area contributed by atoms with Gasteiger partial charge in [-0.25, -0.2) is 0 Å². The second-order valence-corrected chi connectivity index (χ2v) is 5.35. The molecule has 1 atom stereocenters. The third-order valence-corrected chi connectivity index (χ3v) is 4.32. The molecule has 17 heavy (non-hydrogen) atoms. The first-order valence-electron chi connectivity index (χ1n) is 5.93. The smallest absolute Gasteiger partial charge is 0.101 e. The highest BCUT2D eigenvalue weighted by atomic mass is 32.2. The van der Waals surface area contributed by atoms with Gasteiger partial charge in [0.05, 0.1) is 0 Å². The van der Waals surface area contributed by atoms with Crippen LogP contribution in [-0.4, -0.2) is 12.3 Å². The summed E-state index contributed by atoms with van der Waals surface area (Å²) in [7, 11) is 0. The van der Waals surface area contributed by atoms with Crippen LogP contribution in [0.2, 0.25) is 0 Å². The SMILES string of the molecule is c1ccc([C@@H]2SCCN2c2ccccc2)cc1. The van der Waals surface area contributed by atoms with Crippen molar-refractivity contribution in [3.8, 4) is 0 Å². The molecular weight excluding hydrogens is 226 g/mol. The normalized spacial score (nSPS) is 19.5. The molecular formula is C15H15NS. The standard InChI is InChI=1S/C15H15NS/c1-3-7-13(8-4-1)15-16(11-12-17-15)14-9-5-2-6-10-14/h1-10,15H,11-12H2/t15-/m0/s1. The summed E-state index contributed by atoms with van der Waals surface area (Å²) in [4.78, 5) is 2.49. The van der Waals surface area contributed by atoms with Crippen molar-refractivity contribution in [2.24, 2.45) is 0 Å². The van der Waals surface area contributed by atoms with Crippen molar-refractivity contribution in [1.82, 2.24) is 0 Å². The molecule has 0 aromatic heterocycles. The van der Waals surface area contributed by atoms with Crippen molar-refractivity contribution in [3.05, 3.63) is 66.2 Å². The van der Waals surface area contributed by atoms with Gasteiger partial charge in [-0.15, -0.1) is 11.8 Å². The topological polar surface area (TPSA) is 3.24 Å². The lowest BCUT2D eigenvalue weighted by Crippen LogP contribution is -2.21. The second-order valence-electron chi connectivity index (χ2n) is 4.16. The fourth-order valence-corrected chi connectivity index (χ4v) is 3.53. The van der Waals surface area contributed by atoms with Crippen LogP contribution >= 0.6 is 11.8 Å². The molecule has 2 heteroatoms. The predicted molar refractivity (Wildman–Crippen MR) is 75.4 cm³/mol. The van der Waals surface area contributed by atoms with Gasteiger partial charge in [0.25, 0.3) is 0 Å². The van der Waals surface area contributed by atoms with Crippen molar-refractivity contribution >= 4 is 17.4 Å². The zero-order valence-electron chi connectivity index (χ0n) is 9.62. The molecule has 0 unspecified atom stereocenters. The molecule has 0 amide bonds. The fraction of sp³-hybridized carbons (Fsp3) is 0.200. The van der Waals surface area contributed by atoms with Crippen LogP contribution in [0.4, 0.5) is 5.69 Å². The summed E-state index contributed by atoms with van der Waals surface area (Å²) in [5.74, 6) is 1.20. The van der Waals surface area contributed by atoms with Crippen LogP contribution < -0.4 is 4.90 Å². The summed E-state index contributed by atoms with van der Waals surface area (Å²) < 4.78 is 0. The van der Waals surface area contributed by atoms with Gasteiger partial charge in [0, 0.05) is 18.0 Å². The third kappa shape index (κ3) is 2.18. The van der Waals surface area contributed by atoms with Gasteiger partial charge < -0.3 is 4.90 Å². The van der Waals surface area contributed by atoms with E-state index in [4.69, 9.17) is 0 Å². The Bertz CT molecular complexity index is 423. The van der Waals surface area contributed by atoms with Crippen molar-refractivity contribution in [3.63, 3.8) is 0 Å². The summed E-state index contributed by atoms with van der Waals surface area (Å²) in [5.41, 5.74) is 2.73. The minimum atomic E-state index is 0.471. The van der Waals surface area contributed by atoms with E-state index < -0.39 is 0 Å². The number of hydrogen-bond acceptors (Lipinski definition) is 2. The molecule has 0 saturated carbocycles. The Balaban J connectivity index is 1.91. The van der Waals surface area contributed by atoms with Crippen LogP contribution in [0.5, 0.6) is 0 Å². The van der Waals surface area contributed by atoms with Crippen molar-refractivity contribution < 1.29 is 0 Å². The van der Waals surface area contributed by atoms with Crippen LogP contribution in [0.25, 0.3) is 0 Å². The number of rotatable bonds is 2. The first-order chi connectivity index (χ1) is 8.45. The van der Waals surface area contributed by atoms with Crippen molar-refractivity contribution in [2.75, 3.05) is 17.2 Å². The molecule has 1 aliphatic rings. The van der Waals surface area contributed by atoms with E-state index in [1.807, 2.05) is 11.8 Å². The monoisotopic (exact) mass is 241 g/mol. The number of thioether (sulfide) groups is 1. The number of nitrogens with zero attached hydrogens (tertiary/aromatic N) is 1. The van der Waals surface area contributed by atoms with E-state index in [-0.39, 0.29) is 0 Å². The van der Waals surface area contributed by atoms with E-state index in [0.717, 1.165) is 6.54 Å². The molecule has 1 heterocycles. The molecule has 2 aromatic rings. The summed E-state index contributed by atoms with van der Waals surface area (Å²) in [6, 6.07) is 21.5. The number of hydrogen-bond donors (Lipinski definition) is 0. The van der Waals surface area contributed by atoms with Crippen LogP contribution in [-0.2, 0) is 0 Å². The highest BCUT2D eigenvalue weighted by Gasteiger charge is 2.26. The Kier molecular flexibility index (Phi) is 3.06. The average Bonchev–Trinajstić information content (AvgIpc) is 2.90. The number of para-hydroxylation sites is 1. The molecule has 0 bridgehead atoms. The Labute approximate surface area is 106 Å². The molecule has 0 radical (unpaired) electrons. The van der Waals surface area contributed by atoms with Gasteiger partial charge in [-0.1, -0.05) is 48.5 Å². The van der Waals surface area contributed by atoms with E-state index in [9.17, 15) is 0 Å². The largest absolute Gasteiger partial charge is 0.355 e. The molecule has 0 aliphatic carbocycles. The molecule has 1 fully saturated rings. The van der Waals surface area contributed by atoms with Gasteiger partial charge in [-0.2, -0.15) is 0 Å². The summed E-state index contributed by atoms with van der Waals surface area (Å²) in [5, 5.41) is 0.471. The molecule has 1 saturated heterocycles. The van der Waals surface area contributed by atoms with E-state index >= 15 is 0 Å². The summed E-state index contributed by atoms with van der Waals surface area (Å²) in [6.07, 6.45) is 0. The lowest BCUT2D eigenvalue weighted by Gasteiger charge is -2.26. The predicted octanol–water partition coefficient (Wildman–Crippen LogP) is 3.94. The first-order valence-corrected chi connectivity index (χ1v) is 6.98. The summed E-state index contributed by atoms with van der Waals surface area (Å²) >= 11 is 2.02. The Morgan fingerprint density at radius 1 is 0.882 bits per heavy atom. The fourth-order valence-electron chi connectivity index (χ4n) is 2.25. The zero-order chi connectivity index (χ0) is 11.5. The first kappa shape index (κ1) is 10.7. The Morgan fingerprint density at radius 2 is 1.53 bits per heavy atom. The molecule has 2 aromatic carbocycles. The molecule has 0 spiro atoms. The minimum absolute atomic E-state index is 0.471. The van der Waals surface area contributed by atoms with Gasteiger partial charge in [-0.05, 0) is 17.7 Å². The van der Waals surface area contributed by atoms with Gasteiger partial charge in [0.2, 0.25) is 0 Å². The van der Waals surface area contributed by atoms with Crippen LogP contribution in [0.15, 0.2) is 60.7 Å². The lowest BCUT2D eigenvalue weighted by molar-refractivity contribution is 0.858. The van der Waals surface area contributed by atoms with Gasteiger partial charge in [0.1, 0.15) is 5.37 Å². The Hall–Kier alpha value is -1.41. The maximum atomic E-state index is 2.49. The summed E-state index contributed by atoms with van der Waals surface area (Å²) in [6.45, 7) is 1.13. The van der Waals surface area contributed by atoms with E-state index in [1.165, 1.54) is 17.0 Å². The maximum Gasteiger partial charge on any atom is 0.101 e. The van der Waals surface area contributed by atoms with E-state index in [2.05, 4.69) is 65.6 Å². The van der Waals surface area contributed by atoms with E-state index in [1.54, 1.807) is 0 Å². The van der Waals surface area contributed by atoms with Crippen molar-refractivity contribution in [1.29, 1.82) is 0 Å². The van der Waals surface area contributed by atoms with Gasteiger partial charge in [-0.3, -0.25) is 0 Å². The van der Waals surface area contributed by atoms with Crippen molar-refractivity contribution in [2.45, 2.75) is 5.37 Å². The molecule has 3 rings (SSSR count). The molecule has 86 valence electrons. The maximum absolute atomic E-state index is 2.49. The quantitative estimate of drug-likeness (QED) is 0.783. The molecule has 1 nitrogen and oxygen atoms in total. The average molecular weight is 241 g/mol. The lowest BCUT2D eigenvalue weighted by atomic mass is 10.2. The zero-order valence-corrected chi connectivity index (χ0v) is 10.4. The number of anilines is 1. The molecule has 0 N–H and O–H groups in total. The Morgan fingerprint density at radius 3 is 2.24 bits per heavy atom. The molecule has 1 aliphatic heterocycles. The van der Waals surface area contributed by atoms with Gasteiger partial charge in [0.15, 0.2) is 0 Å². The van der Waals surface area contributed by atoms with Gasteiger partial charge >= 0.3 is 0 Å². The highest BCUT2D eigenvalue weighted by Crippen LogP contribution is 2.40.